The van der Waals surface area contributed by atoms with Crippen LogP contribution in [0.4, 0.5) is 0 Å². The number of nitrogens with zero attached hydrogens (tertiary/aromatic N) is 2. The summed E-state index contributed by atoms with van der Waals surface area (Å²) in [6.07, 6.45) is 0. The van der Waals surface area contributed by atoms with Gasteiger partial charge in [-0.1, -0.05) is 33.8 Å². The minimum absolute atomic E-state index is 0.562. The van der Waals surface area contributed by atoms with Crippen molar-refractivity contribution >= 4 is 0 Å². The van der Waals surface area contributed by atoms with Gasteiger partial charge in [-0.15, -0.1) is 0 Å². The lowest BCUT2D eigenvalue weighted by Gasteiger charge is -2.33. The Morgan fingerprint density at radius 1 is 1.26 bits per heavy atom. The maximum absolute atomic E-state index is 4.62. The molecule has 1 rings (SSSR count). The zero-order chi connectivity index (χ0) is 14.3. The molecule has 0 saturated carbocycles. The van der Waals surface area contributed by atoms with Crippen LogP contribution in [-0.4, -0.2) is 35.6 Å². The van der Waals surface area contributed by atoms with Crippen LogP contribution in [0.1, 0.15) is 39.1 Å². The Hall–Kier alpha value is -0.930. The maximum Gasteiger partial charge on any atom is 0.0547 e. The van der Waals surface area contributed by atoms with Gasteiger partial charge in [0.25, 0.3) is 0 Å². The second-order valence-electron chi connectivity index (χ2n) is 5.45. The molecule has 1 unspecified atom stereocenters. The average Bonchev–Trinajstić information content (AvgIpc) is 2.37. The van der Waals surface area contributed by atoms with Crippen LogP contribution in [0.15, 0.2) is 18.2 Å². The number of aromatic nitrogens is 1. The van der Waals surface area contributed by atoms with Crippen molar-refractivity contribution in [1.82, 2.24) is 15.2 Å². The Labute approximate surface area is 118 Å². The number of rotatable bonds is 8. The molecule has 0 radical (unpaired) electrons. The predicted molar refractivity (Wildman–Crippen MR) is 82.2 cm³/mol. The fourth-order valence-corrected chi connectivity index (χ4v) is 2.44. The molecule has 1 aromatic heterocycles. The topological polar surface area (TPSA) is 28.2 Å². The average molecular weight is 263 g/mol. The van der Waals surface area contributed by atoms with Crippen molar-refractivity contribution in [3.63, 3.8) is 0 Å². The Balaban J connectivity index is 2.73. The summed E-state index contributed by atoms with van der Waals surface area (Å²) in [4.78, 5) is 7.14. The first-order chi connectivity index (χ1) is 9.08. The van der Waals surface area contributed by atoms with Gasteiger partial charge in [0.1, 0.15) is 0 Å². The number of aryl methyl sites for hydroxylation is 1. The van der Waals surface area contributed by atoms with Gasteiger partial charge in [0, 0.05) is 24.8 Å². The minimum atomic E-state index is 0.562. The molecule has 3 heteroatoms. The molecule has 1 atom stereocenters. The second kappa shape index (κ2) is 8.28. The molecule has 1 N–H and O–H groups in total. The zero-order valence-corrected chi connectivity index (χ0v) is 13.1. The Morgan fingerprint density at radius 3 is 2.53 bits per heavy atom. The molecule has 19 heavy (non-hydrogen) atoms. The quantitative estimate of drug-likeness (QED) is 0.781. The Morgan fingerprint density at radius 2 is 2.00 bits per heavy atom. The van der Waals surface area contributed by atoms with Gasteiger partial charge in [0.15, 0.2) is 0 Å². The van der Waals surface area contributed by atoms with Crippen LogP contribution in [0.2, 0.25) is 0 Å². The van der Waals surface area contributed by atoms with Crippen LogP contribution in [0.5, 0.6) is 0 Å². The zero-order valence-electron chi connectivity index (χ0n) is 13.1. The van der Waals surface area contributed by atoms with Crippen LogP contribution in [0, 0.1) is 12.8 Å². The highest BCUT2D eigenvalue weighted by Crippen LogP contribution is 2.13. The van der Waals surface area contributed by atoms with Gasteiger partial charge in [0.05, 0.1) is 5.69 Å². The van der Waals surface area contributed by atoms with Gasteiger partial charge in [-0.3, -0.25) is 9.88 Å². The molecule has 0 aliphatic carbocycles. The Kier molecular flexibility index (Phi) is 7.03. The summed E-state index contributed by atoms with van der Waals surface area (Å²) in [5, 5.41) is 3.48. The molecule has 1 aromatic rings. The van der Waals surface area contributed by atoms with Crippen LogP contribution >= 0.6 is 0 Å². The van der Waals surface area contributed by atoms with Crippen molar-refractivity contribution in [1.29, 1.82) is 0 Å². The molecule has 0 fully saturated rings. The number of likely N-dealkylation sites (N-methyl/N-ethyl adjacent to an activating group) is 2. The van der Waals surface area contributed by atoms with Gasteiger partial charge >= 0.3 is 0 Å². The lowest BCUT2D eigenvalue weighted by atomic mass is 10.0. The lowest BCUT2D eigenvalue weighted by molar-refractivity contribution is 0.150. The van der Waals surface area contributed by atoms with Crippen molar-refractivity contribution in [3.05, 3.63) is 29.6 Å². The molecular formula is C16H29N3. The van der Waals surface area contributed by atoms with Crippen molar-refractivity contribution in [3.8, 4) is 0 Å². The highest BCUT2D eigenvalue weighted by atomic mass is 15.2. The van der Waals surface area contributed by atoms with Gasteiger partial charge in [0.2, 0.25) is 0 Å². The van der Waals surface area contributed by atoms with E-state index in [2.05, 4.69) is 68.0 Å². The highest BCUT2D eigenvalue weighted by Gasteiger charge is 2.20. The van der Waals surface area contributed by atoms with E-state index in [0.717, 1.165) is 31.9 Å². The summed E-state index contributed by atoms with van der Waals surface area (Å²) in [6.45, 7) is 15.1. The van der Waals surface area contributed by atoms with Crippen molar-refractivity contribution in [2.75, 3.05) is 19.6 Å². The molecule has 1 heterocycles. The summed E-state index contributed by atoms with van der Waals surface area (Å²) < 4.78 is 0. The predicted octanol–water partition coefficient (Wildman–Crippen LogP) is 2.85. The molecule has 0 spiro atoms. The van der Waals surface area contributed by atoms with Crippen LogP contribution < -0.4 is 5.32 Å². The summed E-state index contributed by atoms with van der Waals surface area (Å²) >= 11 is 0. The van der Waals surface area contributed by atoms with E-state index in [1.165, 1.54) is 5.69 Å². The lowest BCUT2D eigenvalue weighted by Crippen LogP contribution is -2.45. The van der Waals surface area contributed by atoms with Crippen LogP contribution in [-0.2, 0) is 6.54 Å². The van der Waals surface area contributed by atoms with Crippen LogP contribution in [0.25, 0.3) is 0 Å². The molecule has 0 aromatic carbocycles. The molecule has 0 aliphatic heterocycles. The van der Waals surface area contributed by atoms with Gasteiger partial charge in [-0.25, -0.2) is 0 Å². The van der Waals surface area contributed by atoms with Crippen molar-refractivity contribution < 1.29 is 0 Å². The SMILES string of the molecule is CCNCC(C(C)C)N(CC)Cc1cccc(C)n1. The van der Waals surface area contributed by atoms with Gasteiger partial charge in [-0.05, 0) is 38.1 Å². The van der Waals surface area contributed by atoms with E-state index in [-0.39, 0.29) is 0 Å². The summed E-state index contributed by atoms with van der Waals surface area (Å²) in [5.41, 5.74) is 2.27. The fourth-order valence-electron chi connectivity index (χ4n) is 2.44. The maximum atomic E-state index is 4.62. The monoisotopic (exact) mass is 263 g/mol. The Bertz CT molecular complexity index is 363. The number of hydrogen-bond donors (Lipinski definition) is 1. The molecule has 0 aliphatic rings. The second-order valence-corrected chi connectivity index (χ2v) is 5.45. The van der Waals surface area contributed by atoms with E-state index in [0.29, 0.717) is 12.0 Å². The van der Waals surface area contributed by atoms with Gasteiger partial charge in [-0.2, -0.15) is 0 Å². The molecule has 0 saturated heterocycles. The standard InChI is InChI=1S/C16H29N3/c1-6-17-11-16(13(3)4)19(7-2)12-15-10-8-9-14(5)18-15/h8-10,13,16-17H,6-7,11-12H2,1-5H3. The molecule has 0 amide bonds. The van der Waals surface area contributed by atoms with Gasteiger partial charge < -0.3 is 5.32 Å². The number of pyridine rings is 1. The summed E-state index contributed by atoms with van der Waals surface area (Å²) in [7, 11) is 0. The number of hydrogen-bond acceptors (Lipinski definition) is 3. The minimum Gasteiger partial charge on any atom is -0.315 e. The van der Waals surface area contributed by atoms with E-state index in [4.69, 9.17) is 0 Å². The van der Waals surface area contributed by atoms with E-state index >= 15 is 0 Å². The molecule has 0 bridgehead atoms. The normalized spacial score (nSPS) is 13.2. The van der Waals surface area contributed by atoms with Crippen molar-refractivity contribution in [2.24, 2.45) is 5.92 Å². The largest absolute Gasteiger partial charge is 0.315 e. The first kappa shape index (κ1) is 16.1. The van der Waals surface area contributed by atoms with E-state index < -0.39 is 0 Å². The van der Waals surface area contributed by atoms with Crippen molar-refractivity contribution in [2.45, 2.75) is 47.2 Å². The third kappa shape index (κ3) is 5.29. The van der Waals surface area contributed by atoms with Crippen LogP contribution in [0.3, 0.4) is 0 Å². The molecule has 108 valence electrons. The number of nitrogens with one attached hydrogen (secondary N) is 1. The van der Waals surface area contributed by atoms with E-state index in [1.54, 1.807) is 0 Å². The molecular weight excluding hydrogens is 234 g/mol. The van der Waals surface area contributed by atoms with E-state index in [9.17, 15) is 0 Å². The first-order valence-corrected chi connectivity index (χ1v) is 7.45. The smallest absolute Gasteiger partial charge is 0.0547 e. The molecule has 3 nitrogen and oxygen atoms in total. The summed E-state index contributed by atoms with van der Waals surface area (Å²) in [5.74, 6) is 0.642. The van der Waals surface area contributed by atoms with E-state index in [1.807, 2.05) is 0 Å². The highest BCUT2D eigenvalue weighted by molar-refractivity contribution is 5.10. The third-order valence-electron chi connectivity index (χ3n) is 3.56. The summed E-state index contributed by atoms with van der Waals surface area (Å²) in [6, 6.07) is 6.84. The third-order valence-corrected chi connectivity index (χ3v) is 3.56. The fraction of sp³-hybridized carbons (Fsp3) is 0.688. The first-order valence-electron chi connectivity index (χ1n) is 7.45.